The van der Waals surface area contributed by atoms with Crippen molar-refractivity contribution in [1.29, 1.82) is 0 Å². The van der Waals surface area contributed by atoms with Crippen molar-refractivity contribution in [3.8, 4) is 0 Å². The van der Waals surface area contributed by atoms with Crippen molar-refractivity contribution in [3.63, 3.8) is 0 Å². The quantitative estimate of drug-likeness (QED) is 0.880. The predicted molar refractivity (Wildman–Crippen MR) is 81.6 cm³/mol. The second-order valence-corrected chi connectivity index (χ2v) is 5.78. The molecule has 0 amide bonds. The molecule has 5 heteroatoms. The molecule has 2 aromatic rings. The SMILES string of the molecule is CCCNC(C)C(c1ncnc2c1cnn2C)C(C)C. The van der Waals surface area contributed by atoms with E-state index in [1.54, 1.807) is 6.33 Å². The number of hydrogen-bond acceptors (Lipinski definition) is 4. The van der Waals surface area contributed by atoms with E-state index < -0.39 is 0 Å². The molecule has 2 heterocycles. The zero-order valence-electron chi connectivity index (χ0n) is 13.1. The summed E-state index contributed by atoms with van der Waals surface area (Å²) in [6, 6.07) is 0.383. The van der Waals surface area contributed by atoms with Gasteiger partial charge in [-0.2, -0.15) is 5.10 Å². The minimum Gasteiger partial charge on any atom is -0.314 e. The van der Waals surface area contributed by atoms with Gasteiger partial charge in [-0.15, -0.1) is 0 Å². The van der Waals surface area contributed by atoms with Crippen molar-refractivity contribution >= 4 is 11.0 Å². The van der Waals surface area contributed by atoms with Crippen LogP contribution in [0, 0.1) is 5.92 Å². The van der Waals surface area contributed by atoms with Gasteiger partial charge >= 0.3 is 0 Å². The topological polar surface area (TPSA) is 55.6 Å². The minimum atomic E-state index is 0.358. The molecule has 2 rings (SSSR count). The van der Waals surface area contributed by atoms with Crippen LogP contribution in [0.5, 0.6) is 0 Å². The van der Waals surface area contributed by atoms with Crippen LogP contribution in [0.1, 0.15) is 45.7 Å². The second-order valence-electron chi connectivity index (χ2n) is 5.78. The Labute approximate surface area is 120 Å². The molecule has 0 bridgehead atoms. The van der Waals surface area contributed by atoms with Crippen LogP contribution in [-0.4, -0.2) is 32.3 Å². The highest BCUT2D eigenvalue weighted by atomic mass is 15.3. The van der Waals surface area contributed by atoms with Gasteiger partial charge in [-0.1, -0.05) is 20.8 Å². The van der Waals surface area contributed by atoms with Gasteiger partial charge in [0.25, 0.3) is 0 Å². The van der Waals surface area contributed by atoms with Crippen LogP contribution in [0.2, 0.25) is 0 Å². The summed E-state index contributed by atoms with van der Waals surface area (Å²) in [5.74, 6) is 0.865. The smallest absolute Gasteiger partial charge is 0.161 e. The lowest BCUT2D eigenvalue weighted by Crippen LogP contribution is -2.35. The van der Waals surface area contributed by atoms with Crippen LogP contribution in [0.25, 0.3) is 11.0 Å². The highest BCUT2D eigenvalue weighted by Gasteiger charge is 2.26. The van der Waals surface area contributed by atoms with Gasteiger partial charge in [-0.3, -0.25) is 4.68 Å². The van der Waals surface area contributed by atoms with E-state index in [1.807, 2.05) is 17.9 Å². The normalized spacial score (nSPS) is 14.9. The van der Waals surface area contributed by atoms with Crippen LogP contribution < -0.4 is 5.32 Å². The molecule has 0 spiro atoms. The average molecular weight is 275 g/mol. The molecule has 5 nitrogen and oxygen atoms in total. The van der Waals surface area contributed by atoms with Crippen LogP contribution in [-0.2, 0) is 7.05 Å². The summed E-state index contributed by atoms with van der Waals surface area (Å²) in [5.41, 5.74) is 2.01. The fraction of sp³-hybridized carbons (Fsp3) is 0.667. The Morgan fingerprint density at radius 1 is 1.25 bits per heavy atom. The Balaban J connectivity index is 2.41. The lowest BCUT2D eigenvalue weighted by molar-refractivity contribution is 0.373. The monoisotopic (exact) mass is 275 g/mol. The molecule has 2 aromatic heterocycles. The van der Waals surface area contributed by atoms with E-state index in [0.29, 0.717) is 17.9 Å². The zero-order chi connectivity index (χ0) is 14.7. The van der Waals surface area contributed by atoms with Gasteiger partial charge in [0.05, 0.1) is 17.3 Å². The molecule has 2 unspecified atom stereocenters. The van der Waals surface area contributed by atoms with Crippen molar-refractivity contribution in [2.75, 3.05) is 6.54 Å². The second kappa shape index (κ2) is 6.31. The lowest BCUT2D eigenvalue weighted by Gasteiger charge is -2.28. The summed E-state index contributed by atoms with van der Waals surface area (Å²) < 4.78 is 1.81. The third kappa shape index (κ3) is 2.82. The number of fused-ring (bicyclic) bond motifs is 1. The molecular formula is C15H25N5. The molecule has 0 aliphatic rings. The predicted octanol–water partition coefficient (Wildman–Crippen LogP) is 2.49. The fourth-order valence-corrected chi connectivity index (χ4v) is 2.87. The maximum atomic E-state index is 4.57. The van der Waals surface area contributed by atoms with Crippen molar-refractivity contribution in [1.82, 2.24) is 25.1 Å². The average Bonchev–Trinajstić information content (AvgIpc) is 2.79. The molecule has 0 fully saturated rings. The van der Waals surface area contributed by atoms with Gasteiger partial charge in [-0.25, -0.2) is 9.97 Å². The zero-order valence-corrected chi connectivity index (χ0v) is 13.1. The van der Waals surface area contributed by atoms with Crippen LogP contribution in [0.3, 0.4) is 0 Å². The summed E-state index contributed by atoms with van der Waals surface area (Å²) in [6.07, 6.45) is 4.68. The summed E-state index contributed by atoms with van der Waals surface area (Å²) in [5, 5.41) is 8.98. The minimum absolute atomic E-state index is 0.358. The van der Waals surface area contributed by atoms with Crippen molar-refractivity contribution in [2.24, 2.45) is 13.0 Å². The molecule has 110 valence electrons. The molecule has 1 N–H and O–H groups in total. The molecule has 0 saturated carbocycles. The van der Waals surface area contributed by atoms with Gasteiger partial charge in [0.2, 0.25) is 0 Å². The summed E-state index contributed by atoms with van der Waals surface area (Å²) >= 11 is 0. The Hall–Kier alpha value is -1.49. The van der Waals surface area contributed by atoms with Crippen LogP contribution in [0.15, 0.2) is 12.5 Å². The third-order valence-electron chi connectivity index (χ3n) is 3.85. The largest absolute Gasteiger partial charge is 0.314 e. The number of nitrogens with one attached hydrogen (secondary N) is 1. The lowest BCUT2D eigenvalue weighted by atomic mass is 9.85. The first kappa shape index (κ1) is 14.9. The van der Waals surface area contributed by atoms with Crippen LogP contribution >= 0.6 is 0 Å². The molecule has 0 saturated heterocycles. The number of aryl methyl sites for hydroxylation is 1. The highest BCUT2D eigenvalue weighted by molar-refractivity contribution is 5.77. The van der Waals surface area contributed by atoms with E-state index in [1.165, 1.54) is 0 Å². The third-order valence-corrected chi connectivity index (χ3v) is 3.85. The first-order chi connectivity index (χ1) is 9.56. The molecular weight excluding hydrogens is 250 g/mol. The van der Waals surface area contributed by atoms with E-state index in [-0.39, 0.29) is 0 Å². The molecule has 0 radical (unpaired) electrons. The van der Waals surface area contributed by atoms with Gasteiger partial charge in [0.15, 0.2) is 5.65 Å². The van der Waals surface area contributed by atoms with Gasteiger partial charge in [0, 0.05) is 19.0 Å². The first-order valence-electron chi connectivity index (χ1n) is 7.42. The molecule has 0 aromatic carbocycles. The molecule has 0 aliphatic heterocycles. The molecule has 2 atom stereocenters. The van der Waals surface area contributed by atoms with Crippen molar-refractivity contribution in [2.45, 2.75) is 46.1 Å². The van der Waals surface area contributed by atoms with Crippen molar-refractivity contribution < 1.29 is 0 Å². The molecule has 20 heavy (non-hydrogen) atoms. The first-order valence-corrected chi connectivity index (χ1v) is 7.42. The van der Waals surface area contributed by atoms with E-state index in [9.17, 15) is 0 Å². The Morgan fingerprint density at radius 3 is 2.65 bits per heavy atom. The highest BCUT2D eigenvalue weighted by Crippen LogP contribution is 2.30. The van der Waals surface area contributed by atoms with Crippen molar-refractivity contribution in [3.05, 3.63) is 18.2 Å². The van der Waals surface area contributed by atoms with Crippen LogP contribution in [0.4, 0.5) is 0 Å². The number of nitrogens with zero attached hydrogens (tertiary/aromatic N) is 4. The van der Waals surface area contributed by atoms with Gasteiger partial charge in [-0.05, 0) is 25.8 Å². The van der Waals surface area contributed by atoms with E-state index >= 15 is 0 Å². The van der Waals surface area contributed by atoms with E-state index in [2.05, 4.69) is 48.1 Å². The fourth-order valence-electron chi connectivity index (χ4n) is 2.87. The Morgan fingerprint density at radius 2 is 2.00 bits per heavy atom. The standard InChI is InChI=1S/C15H25N5/c1-6-7-16-11(4)13(10(2)3)14-12-8-19-20(5)15(12)18-9-17-14/h8-11,13,16H,6-7H2,1-5H3. The number of aromatic nitrogens is 4. The summed E-state index contributed by atoms with van der Waals surface area (Å²) in [6.45, 7) is 9.96. The summed E-state index contributed by atoms with van der Waals surface area (Å²) in [7, 11) is 1.92. The van der Waals surface area contributed by atoms with Gasteiger partial charge < -0.3 is 5.32 Å². The van der Waals surface area contributed by atoms with E-state index in [0.717, 1.165) is 29.7 Å². The van der Waals surface area contributed by atoms with E-state index in [4.69, 9.17) is 0 Å². The maximum Gasteiger partial charge on any atom is 0.161 e. The molecule has 0 aliphatic carbocycles. The number of hydrogen-bond donors (Lipinski definition) is 1. The summed E-state index contributed by atoms with van der Waals surface area (Å²) in [4.78, 5) is 8.90. The van der Waals surface area contributed by atoms with Gasteiger partial charge in [0.1, 0.15) is 6.33 Å². The Bertz CT molecular complexity index is 560. The maximum absolute atomic E-state index is 4.57. The number of rotatable bonds is 6. The Kier molecular flexibility index (Phi) is 4.70.